The number of nitrogens with zero attached hydrogens (tertiary/aromatic N) is 1. The third-order valence-electron chi connectivity index (χ3n) is 5.19. The highest BCUT2D eigenvalue weighted by Gasteiger charge is 2.39. The van der Waals surface area contributed by atoms with Gasteiger partial charge in [-0.3, -0.25) is 9.59 Å². The van der Waals surface area contributed by atoms with Crippen molar-refractivity contribution in [3.05, 3.63) is 35.9 Å². The van der Waals surface area contributed by atoms with Gasteiger partial charge < -0.3 is 10.2 Å². The summed E-state index contributed by atoms with van der Waals surface area (Å²) in [6.07, 6.45) is 3.45. The number of carbonyl (C=O) groups excluding carboxylic acids is 2. The zero-order chi connectivity index (χ0) is 17.6. The summed E-state index contributed by atoms with van der Waals surface area (Å²) < 4.78 is 0. The van der Waals surface area contributed by atoms with E-state index in [2.05, 4.69) is 19.2 Å². The van der Waals surface area contributed by atoms with Gasteiger partial charge in [0.15, 0.2) is 0 Å². The van der Waals surface area contributed by atoms with E-state index in [0.717, 1.165) is 37.8 Å². The highest BCUT2D eigenvalue weighted by Crippen LogP contribution is 2.31. The lowest BCUT2D eigenvalue weighted by atomic mass is 9.80. The van der Waals surface area contributed by atoms with Gasteiger partial charge in [-0.1, -0.05) is 44.2 Å². The SMILES string of the molecule is CCC(CC)C(=O)N1CCC[C@](C)(C(=O)NCc2ccccc2)C1. The minimum Gasteiger partial charge on any atom is -0.351 e. The molecule has 2 amide bonds. The first-order valence-electron chi connectivity index (χ1n) is 9.11. The van der Waals surface area contributed by atoms with Crippen molar-refractivity contribution in [2.24, 2.45) is 11.3 Å². The van der Waals surface area contributed by atoms with Crippen LogP contribution in [0.1, 0.15) is 52.0 Å². The number of hydrogen-bond donors (Lipinski definition) is 1. The van der Waals surface area contributed by atoms with Crippen LogP contribution >= 0.6 is 0 Å². The Morgan fingerprint density at radius 2 is 1.88 bits per heavy atom. The summed E-state index contributed by atoms with van der Waals surface area (Å²) in [5.41, 5.74) is 0.601. The molecule has 1 fully saturated rings. The van der Waals surface area contributed by atoms with Crippen LogP contribution in [0.25, 0.3) is 0 Å². The Bertz CT molecular complexity index is 554. The highest BCUT2D eigenvalue weighted by atomic mass is 16.2. The van der Waals surface area contributed by atoms with Crippen LogP contribution in [0.3, 0.4) is 0 Å². The number of benzene rings is 1. The van der Waals surface area contributed by atoms with E-state index in [0.29, 0.717) is 13.1 Å². The summed E-state index contributed by atoms with van der Waals surface area (Å²) in [6, 6.07) is 9.92. The molecule has 1 N–H and O–H groups in total. The molecule has 1 atom stereocenters. The summed E-state index contributed by atoms with van der Waals surface area (Å²) in [5.74, 6) is 0.343. The number of amides is 2. The van der Waals surface area contributed by atoms with E-state index >= 15 is 0 Å². The maximum Gasteiger partial charge on any atom is 0.227 e. The topological polar surface area (TPSA) is 49.4 Å². The van der Waals surface area contributed by atoms with Gasteiger partial charge in [0.25, 0.3) is 0 Å². The van der Waals surface area contributed by atoms with E-state index in [1.165, 1.54) is 0 Å². The fraction of sp³-hybridized carbons (Fsp3) is 0.600. The van der Waals surface area contributed by atoms with Gasteiger partial charge in [-0.2, -0.15) is 0 Å². The van der Waals surface area contributed by atoms with Gasteiger partial charge in [0.1, 0.15) is 0 Å². The van der Waals surface area contributed by atoms with Gasteiger partial charge >= 0.3 is 0 Å². The Morgan fingerprint density at radius 3 is 2.50 bits per heavy atom. The summed E-state index contributed by atoms with van der Waals surface area (Å²) in [4.78, 5) is 27.3. The number of nitrogens with one attached hydrogen (secondary N) is 1. The first-order chi connectivity index (χ1) is 11.5. The summed E-state index contributed by atoms with van der Waals surface area (Å²) in [6.45, 7) is 7.94. The molecule has 132 valence electrons. The van der Waals surface area contributed by atoms with Crippen molar-refractivity contribution >= 4 is 11.8 Å². The largest absolute Gasteiger partial charge is 0.351 e. The van der Waals surface area contributed by atoms with Crippen molar-refractivity contribution < 1.29 is 9.59 Å². The van der Waals surface area contributed by atoms with Crippen molar-refractivity contribution in [1.29, 1.82) is 0 Å². The molecule has 24 heavy (non-hydrogen) atoms. The van der Waals surface area contributed by atoms with Crippen molar-refractivity contribution in [1.82, 2.24) is 10.2 Å². The molecular weight excluding hydrogens is 300 g/mol. The Kier molecular flexibility index (Phi) is 6.41. The van der Waals surface area contributed by atoms with Crippen LogP contribution in [0.2, 0.25) is 0 Å². The van der Waals surface area contributed by atoms with Crippen molar-refractivity contribution in [2.75, 3.05) is 13.1 Å². The Morgan fingerprint density at radius 1 is 1.21 bits per heavy atom. The van der Waals surface area contributed by atoms with E-state index in [1.807, 2.05) is 42.2 Å². The molecule has 0 bridgehead atoms. The zero-order valence-electron chi connectivity index (χ0n) is 15.2. The number of carbonyl (C=O) groups is 2. The third kappa shape index (κ3) is 4.37. The molecule has 0 saturated carbocycles. The van der Waals surface area contributed by atoms with Gasteiger partial charge in [0, 0.05) is 25.6 Å². The van der Waals surface area contributed by atoms with E-state index in [1.54, 1.807) is 0 Å². The van der Waals surface area contributed by atoms with Crippen LogP contribution in [-0.4, -0.2) is 29.8 Å². The Hall–Kier alpha value is -1.84. The van der Waals surface area contributed by atoms with E-state index in [-0.39, 0.29) is 17.7 Å². The van der Waals surface area contributed by atoms with Gasteiger partial charge in [0.2, 0.25) is 11.8 Å². The van der Waals surface area contributed by atoms with Crippen molar-refractivity contribution in [3.8, 4) is 0 Å². The second kappa shape index (κ2) is 8.32. The minimum absolute atomic E-state index is 0.0494. The molecule has 0 unspecified atom stereocenters. The summed E-state index contributed by atoms with van der Waals surface area (Å²) in [7, 11) is 0. The highest BCUT2D eigenvalue weighted by molar-refractivity contribution is 5.84. The second-order valence-electron chi connectivity index (χ2n) is 7.11. The van der Waals surface area contributed by atoms with Gasteiger partial charge in [0.05, 0.1) is 5.41 Å². The number of rotatable bonds is 6. The van der Waals surface area contributed by atoms with Crippen LogP contribution < -0.4 is 5.32 Å². The number of hydrogen-bond acceptors (Lipinski definition) is 2. The van der Waals surface area contributed by atoms with Crippen LogP contribution in [0.15, 0.2) is 30.3 Å². The summed E-state index contributed by atoms with van der Waals surface area (Å²) in [5, 5.41) is 3.05. The molecule has 0 aromatic heterocycles. The number of likely N-dealkylation sites (tertiary alicyclic amines) is 1. The van der Waals surface area contributed by atoms with E-state index in [4.69, 9.17) is 0 Å². The predicted molar refractivity (Wildman–Crippen MR) is 96.3 cm³/mol. The minimum atomic E-state index is -0.491. The fourth-order valence-electron chi connectivity index (χ4n) is 3.50. The van der Waals surface area contributed by atoms with Gasteiger partial charge in [-0.15, -0.1) is 0 Å². The maximum absolute atomic E-state index is 12.7. The average Bonchev–Trinajstić information content (AvgIpc) is 2.61. The van der Waals surface area contributed by atoms with E-state index in [9.17, 15) is 9.59 Å². The second-order valence-corrected chi connectivity index (χ2v) is 7.11. The fourth-order valence-corrected chi connectivity index (χ4v) is 3.50. The molecule has 1 aromatic rings. The normalized spacial score (nSPS) is 20.9. The molecule has 1 heterocycles. The molecule has 2 rings (SSSR count). The maximum atomic E-state index is 12.7. The van der Waals surface area contributed by atoms with Crippen LogP contribution in [0.4, 0.5) is 0 Å². The molecule has 1 aliphatic rings. The van der Waals surface area contributed by atoms with Crippen molar-refractivity contribution in [3.63, 3.8) is 0 Å². The lowest BCUT2D eigenvalue weighted by molar-refractivity contribution is -0.143. The first-order valence-corrected chi connectivity index (χ1v) is 9.11. The monoisotopic (exact) mass is 330 g/mol. The van der Waals surface area contributed by atoms with Gasteiger partial charge in [-0.25, -0.2) is 0 Å². The van der Waals surface area contributed by atoms with E-state index < -0.39 is 5.41 Å². The Balaban J connectivity index is 1.97. The molecule has 0 aliphatic carbocycles. The van der Waals surface area contributed by atoms with Crippen LogP contribution in [-0.2, 0) is 16.1 Å². The smallest absolute Gasteiger partial charge is 0.227 e. The molecule has 4 heteroatoms. The first kappa shape index (κ1) is 18.5. The standard InChI is InChI=1S/C20H30N2O2/c1-4-17(5-2)18(23)22-13-9-12-20(3,15-22)19(24)21-14-16-10-7-6-8-11-16/h6-8,10-11,17H,4-5,9,12-15H2,1-3H3,(H,21,24)/t20-/m0/s1. The number of piperidine rings is 1. The molecule has 0 spiro atoms. The third-order valence-corrected chi connectivity index (χ3v) is 5.19. The Labute approximate surface area is 145 Å². The predicted octanol–water partition coefficient (Wildman–Crippen LogP) is 3.37. The quantitative estimate of drug-likeness (QED) is 0.869. The van der Waals surface area contributed by atoms with Crippen LogP contribution in [0.5, 0.6) is 0 Å². The van der Waals surface area contributed by atoms with Crippen LogP contribution in [0, 0.1) is 11.3 Å². The van der Waals surface area contributed by atoms with Gasteiger partial charge in [-0.05, 0) is 38.2 Å². The molecule has 1 saturated heterocycles. The van der Waals surface area contributed by atoms with Crippen molar-refractivity contribution in [2.45, 2.75) is 53.0 Å². The summed E-state index contributed by atoms with van der Waals surface area (Å²) >= 11 is 0. The molecule has 4 nitrogen and oxygen atoms in total. The lowest BCUT2D eigenvalue weighted by Gasteiger charge is -2.40. The molecule has 1 aromatic carbocycles. The molecule has 0 radical (unpaired) electrons. The molecular formula is C20H30N2O2. The average molecular weight is 330 g/mol. The lowest BCUT2D eigenvalue weighted by Crippen LogP contribution is -2.52. The molecule has 1 aliphatic heterocycles. The zero-order valence-corrected chi connectivity index (χ0v) is 15.2.